The Bertz CT molecular complexity index is 1360. The highest BCUT2D eigenvalue weighted by Crippen LogP contribution is 2.25. The molecule has 0 saturated heterocycles. The molecule has 1 N–H and O–H groups in total. The fraction of sp³-hybridized carbons (Fsp3) is 0.136. The molecule has 10 nitrogen and oxygen atoms in total. The number of nitrogens with one attached hydrogen (secondary N) is 1. The molecule has 0 aliphatic heterocycles. The van der Waals surface area contributed by atoms with Crippen LogP contribution in [0.15, 0.2) is 54.7 Å². The number of carbonyl (C=O) groups is 1. The molecule has 0 atom stereocenters. The maximum Gasteiger partial charge on any atom is 0.415 e. The third kappa shape index (κ3) is 3.99. The predicted molar refractivity (Wildman–Crippen MR) is 115 cm³/mol. The summed E-state index contributed by atoms with van der Waals surface area (Å²) >= 11 is 0. The number of nitro groups is 1. The lowest BCUT2D eigenvalue weighted by molar-refractivity contribution is -0.384. The van der Waals surface area contributed by atoms with Gasteiger partial charge in [-0.1, -0.05) is 29.8 Å². The van der Waals surface area contributed by atoms with E-state index in [-0.39, 0.29) is 12.2 Å². The van der Waals surface area contributed by atoms with Gasteiger partial charge in [-0.15, -0.1) is 0 Å². The number of benzene rings is 2. The van der Waals surface area contributed by atoms with E-state index in [2.05, 4.69) is 16.2 Å². The van der Waals surface area contributed by atoms with Crippen LogP contribution in [0.3, 0.4) is 0 Å². The van der Waals surface area contributed by atoms with Gasteiger partial charge in [0.25, 0.3) is 5.69 Å². The Balaban J connectivity index is 1.56. The van der Waals surface area contributed by atoms with Crippen LogP contribution in [0, 0.1) is 28.4 Å². The van der Waals surface area contributed by atoms with E-state index in [0.717, 1.165) is 5.56 Å². The Morgan fingerprint density at radius 3 is 2.75 bits per heavy atom. The number of aryl methyl sites for hydroxylation is 1. The van der Waals surface area contributed by atoms with Gasteiger partial charge >= 0.3 is 6.09 Å². The van der Waals surface area contributed by atoms with Crippen LogP contribution in [0.25, 0.3) is 17.0 Å². The molecule has 2 heterocycles. The summed E-state index contributed by atoms with van der Waals surface area (Å²) in [6, 6.07) is 15.3. The molecule has 160 valence electrons. The van der Waals surface area contributed by atoms with Crippen molar-refractivity contribution in [2.45, 2.75) is 13.5 Å². The van der Waals surface area contributed by atoms with Crippen LogP contribution in [-0.4, -0.2) is 37.6 Å². The number of nitrogens with zero attached hydrogens (tertiary/aromatic N) is 5. The lowest BCUT2D eigenvalue weighted by Gasteiger charge is -2.16. The van der Waals surface area contributed by atoms with Crippen LogP contribution in [0.2, 0.25) is 0 Å². The zero-order chi connectivity index (χ0) is 22.8. The molecule has 4 aromatic rings. The molecule has 0 bridgehead atoms. The van der Waals surface area contributed by atoms with E-state index in [0.29, 0.717) is 33.9 Å². The monoisotopic (exact) mass is 430 g/mol. The summed E-state index contributed by atoms with van der Waals surface area (Å²) in [5, 5.41) is 23.7. The van der Waals surface area contributed by atoms with Gasteiger partial charge in [0.15, 0.2) is 11.5 Å². The number of rotatable bonds is 5. The van der Waals surface area contributed by atoms with Crippen molar-refractivity contribution in [1.82, 2.24) is 19.5 Å². The summed E-state index contributed by atoms with van der Waals surface area (Å²) in [6.45, 7) is 2.07. The van der Waals surface area contributed by atoms with Gasteiger partial charge < -0.3 is 9.64 Å². The van der Waals surface area contributed by atoms with Gasteiger partial charge in [0.05, 0.1) is 11.5 Å². The first-order valence-electron chi connectivity index (χ1n) is 9.60. The average molecular weight is 430 g/mol. The predicted octanol–water partition coefficient (Wildman–Crippen LogP) is 4.05. The molecular formula is C22H18N6O4. The Morgan fingerprint density at radius 1 is 1.31 bits per heavy atom. The quantitative estimate of drug-likeness (QED) is 0.376. The largest absolute Gasteiger partial charge is 0.415 e. The van der Waals surface area contributed by atoms with E-state index in [1.54, 1.807) is 42.0 Å². The van der Waals surface area contributed by atoms with Crippen LogP contribution in [0.5, 0.6) is 5.75 Å². The number of non-ortho nitro benzene ring substituents is 1. The van der Waals surface area contributed by atoms with Crippen molar-refractivity contribution < 1.29 is 14.5 Å². The highest BCUT2D eigenvalue weighted by molar-refractivity contribution is 5.71. The molecule has 4 rings (SSSR count). The number of hydrogen-bond acceptors (Lipinski definition) is 6. The van der Waals surface area contributed by atoms with E-state index in [1.165, 1.54) is 17.0 Å². The number of carbonyl (C=O) groups excluding carboxylic acids is 1. The first kappa shape index (κ1) is 20.6. The summed E-state index contributed by atoms with van der Waals surface area (Å²) in [4.78, 5) is 28.7. The Labute approximate surface area is 182 Å². The van der Waals surface area contributed by atoms with Crippen molar-refractivity contribution in [2.24, 2.45) is 0 Å². The smallest absolute Gasteiger partial charge is 0.410 e. The van der Waals surface area contributed by atoms with E-state index >= 15 is 0 Å². The number of ether oxygens (including phenoxy) is 1. The highest BCUT2D eigenvalue weighted by Gasteiger charge is 2.20. The van der Waals surface area contributed by atoms with Crippen molar-refractivity contribution in [3.05, 3.63) is 81.5 Å². The first-order chi connectivity index (χ1) is 15.4. The summed E-state index contributed by atoms with van der Waals surface area (Å²) in [5.74, 6) is 0.819. The molecule has 0 aliphatic rings. The molecule has 10 heteroatoms. The van der Waals surface area contributed by atoms with Gasteiger partial charge in [-0.2, -0.15) is 5.26 Å². The standard InChI is InChI=1S/C22H18N6O4/c1-14-6-8-18(9-7-14)32-22(29)26(2)12-16-13-27-21(19(16)11-23)24-20(25-27)15-4-3-5-17(10-15)28(30)31/h3-10,13H,12H2,1-2H3,(H,24,25). The zero-order valence-corrected chi connectivity index (χ0v) is 17.3. The minimum atomic E-state index is -0.558. The first-order valence-corrected chi connectivity index (χ1v) is 9.60. The second-order valence-electron chi connectivity index (χ2n) is 7.25. The summed E-state index contributed by atoms with van der Waals surface area (Å²) in [7, 11) is 1.58. The molecule has 0 fully saturated rings. The fourth-order valence-electron chi connectivity index (χ4n) is 3.23. The number of nitro benzene ring substituents is 1. The number of amides is 1. The molecule has 0 spiro atoms. The summed E-state index contributed by atoms with van der Waals surface area (Å²) < 4.78 is 6.92. The SMILES string of the molecule is Cc1ccc(OC(=O)N(C)Cc2cn3[nH]c(-c4cccc([N+](=O)[O-])c4)nc3c2C#N)cc1. The number of nitriles is 1. The van der Waals surface area contributed by atoms with Crippen molar-refractivity contribution in [3.63, 3.8) is 0 Å². The van der Waals surface area contributed by atoms with Crippen LogP contribution in [-0.2, 0) is 6.54 Å². The van der Waals surface area contributed by atoms with E-state index < -0.39 is 11.0 Å². The third-order valence-corrected chi connectivity index (χ3v) is 4.89. The number of fused-ring (bicyclic) bond motifs is 1. The van der Waals surface area contributed by atoms with E-state index in [9.17, 15) is 20.2 Å². The number of aromatic amines is 1. The third-order valence-electron chi connectivity index (χ3n) is 4.89. The molecule has 0 aliphatic carbocycles. The van der Waals surface area contributed by atoms with Gasteiger partial charge in [-0.05, 0) is 19.1 Å². The number of aromatic nitrogens is 3. The number of H-pyrrole nitrogens is 1. The highest BCUT2D eigenvalue weighted by atomic mass is 16.6. The van der Waals surface area contributed by atoms with Gasteiger partial charge in [0.1, 0.15) is 17.4 Å². The summed E-state index contributed by atoms with van der Waals surface area (Å²) in [6.07, 6.45) is 1.11. The van der Waals surface area contributed by atoms with Gasteiger partial charge in [-0.3, -0.25) is 15.2 Å². The van der Waals surface area contributed by atoms with Crippen molar-refractivity contribution in [2.75, 3.05) is 7.05 Å². The maximum absolute atomic E-state index is 12.4. The Kier molecular flexibility index (Phi) is 5.30. The molecule has 32 heavy (non-hydrogen) atoms. The van der Waals surface area contributed by atoms with Crippen LogP contribution >= 0.6 is 0 Å². The van der Waals surface area contributed by atoms with Crippen LogP contribution in [0.1, 0.15) is 16.7 Å². The van der Waals surface area contributed by atoms with Crippen molar-refractivity contribution in [3.8, 4) is 23.2 Å². The molecule has 0 unspecified atom stereocenters. The molecule has 2 aromatic carbocycles. The Hall–Kier alpha value is -4.65. The second-order valence-corrected chi connectivity index (χ2v) is 7.25. The van der Waals surface area contributed by atoms with Gasteiger partial charge in [0, 0.05) is 36.5 Å². The summed E-state index contributed by atoms with van der Waals surface area (Å²) in [5.41, 5.74) is 2.76. The van der Waals surface area contributed by atoms with Gasteiger partial charge in [0.2, 0.25) is 0 Å². The van der Waals surface area contributed by atoms with E-state index in [4.69, 9.17) is 4.74 Å². The normalized spacial score (nSPS) is 10.7. The molecule has 0 radical (unpaired) electrons. The van der Waals surface area contributed by atoms with Crippen molar-refractivity contribution in [1.29, 1.82) is 5.26 Å². The number of hydrogen-bond donors (Lipinski definition) is 1. The topological polar surface area (TPSA) is 130 Å². The maximum atomic E-state index is 12.4. The average Bonchev–Trinajstić information content (AvgIpc) is 3.32. The van der Waals surface area contributed by atoms with Crippen LogP contribution in [0.4, 0.5) is 10.5 Å². The fourth-order valence-corrected chi connectivity index (χ4v) is 3.23. The minimum absolute atomic E-state index is 0.0570. The minimum Gasteiger partial charge on any atom is -0.410 e. The Morgan fingerprint density at radius 2 is 2.06 bits per heavy atom. The molecule has 0 saturated carbocycles. The molecular weight excluding hydrogens is 412 g/mol. The molecule has 2 aromatic heterocycles. The van der Waals surface area contributed by atoms with Crippen molar-refractivity contribution >= 4 is 17.4 Å². The lowest BCUT2D eigenvalue weighted by Crippen LogP contribution is -2.29. The molecule has 1 amide bonds. The van der Waals surface area contributed by atoms with Gasteiger partial charge in [-0.25, -0.2) is 14.3 Å². The van der Waals surface area contributed by atoms with E-state index in [1.807, 2.05) is 19.1 Å². The zero-order valence-electron chi connectivity index (χ0n) is 17.3. The van der Waals surface area contributed by atoms with Crippen LogP contribution < -0.4 is 4.74 Å². The lowest BCUT2D eigenvalue weighted by atomic mass is 10.2. The second kappa shape index (κ2) is 8.23.